The lowest BCUT2D eigenvalue weighted by molar-refractivity contribution is -0.106. The van der Waals surface area contributed by atoms with Crippen molar-refractivity contribution in [2.45, 2.75) is 0 Å². The number of hydrogen-bond donors (Lipinski definition) is 2. The Bertz CT molecular complexity index is 230. The fourth-order valence-electron chi connectivity index (χ4n) is 0.760. The molecule has 3 N–H and O–H groups in total. The molecule has 0 aliphatic rings. The molecule has 0 heterocycles. The van der Waals surface area contributed by atoms with Crippen molar-refractivity contribution in [1.82, 2.24) is 0 Å². The van der Waals surface area contributed by atoms with Gasteiger partial charge in [-0.3, -0.25) is 0 Å². The lowest BCUT2D eigenvalue weighted by Crippen LogP contribution is -2.01. The number of benzene rings is 1. The average molecular weight is 150 g/mol. The molecule has 0 aromatic heterocycles. The number of nitrogens with two attached hydrogens (primary N) is 1. The Morgan fingerprint density at radius 3 is 2.55 bits per heavy atom. The molecule has 3 nitrogen and oxygen atoms in total. The zero-order chi connectivity index (χ0) is 8.10. The van der Waals surface area contributed by atoms with Gasteiger partial charge in [-0.05, 0) is 24.3 Å². The number of hydrogen-bond acceptors (Lipinski definition) is 3. The number of nitrogen functional groups attached to an aromatic ring is 1. The average Bonchev–Trinajstić information content (AvgIpc) is 2.04. The third kappa shape index (κ3) is 2.29. The largest absolute Gasteiger partial charge is 0.399 e. The Labute approximate surface area is 65.2 Å². The van der Waals surface area contributed by atoms with Crippen LogP contribution in [0.3, 0.4) is 0 Å². The van der Waals surface area contributed by atoms with Crippen molar-refractivity contribution in [2.24, 2.45) is 0 Å². The number of carbonyl (C=O) groups is 1. The van der Waals surface area contributed by atoms with E-state index < -0.39 is 0 Å². The lowest BCUT2D eigenvalue weighted by Gasteiger charge is -2.00. The molecule has 1 rings (SSSR count). The first-order valence-corrected chi connectivity index (χ1v) is 3.36. The van der Waals surface area contributed by atoms with Crippen molar-refractivity contribution < 1.29 is 4.79 Å². The maximum absolute atomic E-state index is 9.96. The van der Waals surface area contributed by atoms with Crippen LogP contribution in [0.15, 0.2) is 24.3 Å². The van der Waals surface area contributed by atoms with Gasteiger partial charge in [-0.2, -0.15) is 0 Å². The molecule has 1 aromatic carbocycles. The summed E-state index contributed by atoms with van der Waals surface area (Å²) in [5, 5.41) is 2.90. The van der Waals surface area contributed by atoms with E-state index in [1.807, 2.05) is 12.1 Å². The van der Waals surface area contributed by atoms with Crippen LogP contribution in [-0.2, 0) is 4.79 Å². The summed E-state index contributed by atoms with van der Waals surface area (Å²) in [5.74, 6) is 0. The number of nitrogens with one attached hydrogen (secondary N) is 1. The quantitative estimate of drug-likeness (QED) is 0.496. The summed E-state index contributed by atoms with van der Waals surface area (Å²) in [6, 6.07) is 7.23. The minimum Gasteiger partial charge on any atom is -0.399 e. The second-order valence-corrected chi connectivity index (χ2v) is 2.17. The molecule has 11 heavy (non-hydrogen) atoms. The molecule has 0 saturated heterocycles. The first-order valence-electron chi connectivity index (χ1n) is 3.36. The predicted octanol–water partition coefficient (Wildman–Crippen LogP) is 0.880. The summed E-state index contributed by atoms with van der Waals surface area (Å²) in [6.07, 6.45) is 0.816. The van der Waals surface area contributed by atoms with E-state index in [0.29, 0.717) is 6.54 Å². The molecule has 0 unspecified atom stereocenters. The van der Waals surface area contributed by atoms with E-state index in [1.54, 1.807) is 12.1 Å². The first kappa shape index (κ1) is 7.60. The predicted molar refractivity (Wildman–Crippen MR) is 45.4 cm³/mol. The summed E-state index contributed by atoms with van der Waals surface area (Å²) in [7, 11) is 0. The van der Waals surface area contributed by atoms with E-state index in [1.165, 1.54) is 0 Å². The highest BCUT2D eigenvalue weighted by atomic mass is 16.1. The van der Waals surface area contributed by atoms with Crippen molar-refractivity contribution in [2.75, 3.05) is 17.6 Å². The maximum atomic E-state index is 9.96. The van der Waals surface area contributed by atoms with Crippen LogP contribution in [0.25, 0.3) is 0 Å². The highest BCUT2D eigenvalue weighted by molar-refractivity contribution is 5.60. The van der Waals surface area contributed by atoms with Gasteiger partial charge in [0.1, 0.15) is 6.29 Å². The van der Waals surface area contributed by atoms with E-state index in [4.69, 9.17) is 5.73 Å². The summed E-state index contributed by atoms with van der Waals surface area (Å²) in [4.78, 5) is 9.96. The number of rotatable bonds is 3. The Hall–Kier alpha value is -1.51. The van der Waals surface area contributed by atoms with Gasteiger partial charge in [0.15, 0.2) is 0 Å². The van der Waals surface area contributed by atoms with Gasteiger partial charge < -0.3 is 15.8 Å². The van der Waals surface area contributed by atoms with E-state index >= 15 is 0 Å². The zero-order valence-electron chi connectivity index (χ0n) is 6.08. The molecule has 0 atom stereocenters. The highest BCUT2D eigenvalue weighted by Crippen LogP contribution is 2.09. The second-order valence-electron chi connectivity index (χ2n) is 2.17. The van der Waals surface area contributed by atoms with Crippen LogP contribution in [0.4, 0.5) is 11.4 Å². The normalized spacial score (nSPS) is 9.09. The van der Waals surface area contributed by atoms with Crippen LogP contribution < -0.4 is 11.1 Å². The Morgan fingerprint density at radius 1 is 1.36 bits per heavy atom. The van der Waals surface area contributed by atoms with E-state index in [2.05, 4.69) is 5.32 Å². The molecule has 0 radical (unpaired) electrons. The van der Waals surface area contributed by atoms with E-state index in [0.717, 1.165) is 17.7 Å². The smallest absolute Gasteiger partial charge is 0.139 e. The van der Waals surface area contributed by atoms with Crippen molar-refractivity contribution in [3.63, 3.8) is 0 Å². The van der Waals surface area contributed by atoms with Gasteiger partial charge in [-0.15, -0.1) is 0 Å². The molecule has 0 bridgehead atoms. The van der Waals surface area contributed by atoms with Crippen molar-refractivity contribution >= 4 is 17.7 Å². The molecular formula is C8H10N2O. The molecule has 0 amide bonds. The van der Waals surface area contributed by atoms with Crippen LogP contribution in [0.2, 0.25) is 0 Å². The minimum atomic E-state index is 0.337. The summed E-state index contributed by atoms with van der Waals surface area (Å²) in [6.45, 7) is 0.337. The number of anilines is 2. The molecule has 0 fully saturated rings. The molecule has 3 heteroatoms. The molecule has 0 aliphatic carbocycles. The van der Waals surface area contributed by atoms with Crippen molar-refractivity contribution in [3.05, 3.63) is 24.3 Å². The SMILES string of the molecule is Nc1ccc(NCC=O)cc1. The van der Waals surface area contributed by atoms with Crippen LogP contribution in [0.5, 0.6) is 0 Å². The van der Waals surface area contributed by atoms with Crippen molar-refractivity contribution in [3.8, 4) is 0 Å². The van der Waals surface area contributed by atoms with Crippen LogP contribution in [0, 0.1) is 0 Å². The van der Waals surface area contributed by atoms with Gasteiger partial charge in [-0.1, -0.05) is 0 Å². The van der Waals surface area contributed by atoms with Crippen LogP contribution in [-0.4, -0.2) is 12.8 Å². The first-order chi connectivity index (χ1) is 5.33. The molecule has 0 saturated carbocycles. The second kappa shape index (κ2) is 3.61. The molecular weight excluding hydrogens is 140 g/mol. The van der Waals surface area contributed by atoms with Crippen LogP contribution >= 0.6 is 0 Å². The number of carbonyl (C=O) groups excluding carboxylic acids is 1. The summed E-state index contributed by atoms with van der Waals surface area (Å²) in [5.41, 5.74) is 7.09. The maximum Gasteiger partial charge on any atom is 0.139 e. The molecule has 1 aromatic rings. The lowest BCUT2D eigenvalue weighted by atomic mass is 10.3. The van der Waals surface area contributed by atoms with Gasteiger partial charge in [0, 0.05) is 11.4 Å². The fraction of sp³-hybridized carbons (Fsp3) is 0.125. The summed E-state index contributed by atoms with van der Waals surface area (Å²) < 4.78 is 0. The third-order valence-corrected chi connectivity index (χ3v) is 1.30. The summed E-state index contributed by atoms with van der Waals surface area (Å²) >= 11 is 0. The van der Waals surface area contributed by atoms with Gasteiger partial charge in [0.2, 0.25) is 0 Å². The molecule has 0 spiro atoms. The zero-order valence-corrected chi connectivity index (χ0v) is 6.08. The van der Waals surface area contributed by atoms with Crippen LogP contribution in [0.1, 0.15) is 0 Å². The van der Waals surface area contributed by atoms with Gasteiger partial charge >= 0.3 is 0 Å². The van der Waals surface area contributed by atoms with E-state index in [-0.39, 0.29) is 0 Å². The fourth-order valence-corrected chi connectivity index (χ4v) is 0.760. The minimum absolute atomic E-state index is 0.337. The van der Waals surface area contributed by atoms with Gasteiger partial charge in [0.25, 0.3) is 0 Å². The Balaban J connectivity index is 2.58. The number of aldehydes is 1. The van der Waals surface area contributed by atoms with Gasteiger partial charge in [-0.25, -0.2) is 0 Å². The molecule has 58 valence electrons. The highest BCUT2D eigenvalue weighted by Gasteiger charge is 1.88. The van der Waals surface area contributed by atoms with E-state index in [9.17, 15) is 4.79 Å². The monoisotopic (exact) mass is 150 g/mol. The third-order valence-electron chi connectivity index (χ3n) is 1.30. The Kier molecular flexibility index (Phi) is 2.49. The van der Waals surface area contributed by atoms with Crippen molar-refractivity contribution in [1.29, 1.82) is 0 Å². The topological polar surface area (TPSA) is 55.1 Å². The van der Waals surface area contributed by atoms with Gasteiger partial charge in [0.05, 0.1) is 6.54 Å². The Morgan fingerprint density at radius 2 is 2.00 bits per heavy atom. The molecule has 0 aliphatic heterocycles. The standard InChI is InChI=1S/C8H10N2O/c9-7-1-3-8(4-2-7)10-5-6-11/h1-4,6,10H,5,9H2.